The number of hydrogen-bond donors (Lipinski definition) is 0. The van der Waals surface area contributed by atoms with Crippen LogP contribution in [0.25, 0.3) is 77.9 Å². The SMILES string of the molecule is CC1(C)c2ccccc2-c2cc3c(cc21)Oc1cc2c(cc1N3c1c(-c3ccc(-c4ccccc4)cc3)cc(-c3ccccc3)cc1-c1ccc(-c3ccccc3)cc1)-c1ccccc1C2(C)C. The number of fused-ring (bicyclic) bond motifs is 8. The van der Waals surface area contributed by atoms with Crippen LogP contribution in [0.3, 0.4) is 0 Å². The van der Waals surface area contributed by atoms with E-state index in [9.17, 15) is 0 Å². The largest absolute Gasteiger partial charge is 0.453 e. The highest BCUT2D eigenvalue weighted by Crippen LogP contribution is 2.62. The number of anilines is 3. The lowest BCUT2D eigenvalue weighted by Crippen LogP contribution is -2.21. The van der Waals surface area contributed by atoms with Gasteiger partial charge in [-0.05, 0) is 125 Å². The summed E-state index contributed by atoms with van der Waals surface area (Å²) in [7, 11) is 0. The first kappa shape index (κ1) is 40.1. The number of rotatable bonds is 6. The molecule has 0 fully saturated rings. The van der Waals surface area contributed by atoms with Crippen LogP contribution in [-0.4, -0.2) is 0 Å². The third kappa shape index (κ3) is 6.17. The van der Waals surface area contributed by atoms with Crippen LogP contribution in [0.2, 0.25) is 0 Å². The molecule has 10 aromatic carbocycles. The Morgan fingerprint density at radius 3 is 1.03 bits per heavy atom. The molecule has 10 aromatic rings. The Bertz CT molecular complexity index is 3390. The predicted molar refractivity (Wildman–Crippen MR) is 284 cm³/mol. The van der Waals surface area contributed by atoms with E-state index in [1.807, 2.05) is 0 Å². The van der Waals surface area contributed by atoms with Gasteiger partial charge in [-0.3, -0.25) is 0 Å². The molecule has 2 aliphatic carbocycles. The van der Waals surface area contributed by atoms with Gasteiger partial charge in [-0.1, -0.05) is 216 Å². The number of benzene rings is 10. The van der Waals surface area contributed by atoms with E-state index < -0.39 is 0 Å². The van der Waals surface area contributed by atoms with E-state index in [0.29, 0.717) is 0 Å². The zero-order valence-corrected chi connectivity index (χ0v) is 38.7. The second-order valence-corrected chi connectivity index (χ2v) is 19.7. The summed E-state index contributed by atoms with van der Waals surface area (Å²) >= 11 is 0. The van der Waals surface area contributed by atoms with Crippen LogP contribution >= 0.6 is 0 Å². The van der Waals surface area contributed by atoms with Gasteiger partial charge in [0.1, 0.15) is 0 Å². The van der Waals surface area contributed by atoms with Gasteiger partial charge in [0.25, 0.3) is 0 Å². The molecule has 0 saturated carbocycles. The van der Waals surface area contributed by atoms with E-state index in [4.69, 9.17) is 4.74 Å². The van der Waals surface area contributed by atoms with E-state index in [2.05, 4.69) is 257 Å². The molecule has 0 N–H and O–H groups in total. The molecule has 324 valence electrons. The Balaban J connectivity index is 1.14. The fraction of sp³-hybridized carbons (Fsp3) is 0.0909. The highest BCUT2D eigenvalue weighted by molar-refractivity contribution is 6.05. The van der Waals surface area contributed by atoms with Crippen molar-refractivity contribution in [3.63, 3.8) is 0 Å². The van der Waals surface area contributed by atoms with Crippen molar-refractivity contribution in [3.8, 4) is 89.4 Å². The van der Waals surface area contributed by atoms with E-state index >= 15 is 0 Å². The highest BCUT2D eigenvalue weighted by atomic mass is 16.5. The van der Waals surface area contributed by atoms with Crippen LogP contribution in [0.1, 0.15) is 49.9 Å². The molecule has 2 heteroatoms. The topological polar surface area (TPSA) is 12.5 Å². The number of ether oxygens (including phenoxy) is 1. The molecule has 1 aliphatic heterocycles. The smallest absolute Gasteiger partial charge is 0.151 e. The first-order valence-electron chi connectivity index (χ1n) is 23.8. The van der Waals surface area contributed by atoms with Crippen LogP contribution in [0.5, 0.6) is 11.5 Å². The quantitative estimate of drug-likeness (QED) is 0.165. The van der Waals surface area contributed by atoms with Gasteiger partial charge in [-0.2, -0.15) is 0 Å². The van der Waals surface area contributed by atoms with E-state index in [1.54, 1.807) is 0 Å². The normalized spacial score (nSPS) is 14.2. The molecule has 68 heavy (non-hydrogen) atoms. The Labute approximate surface area is 399 Å². The third-order valence-corrected chi connectivity index (χ3v) is 15.1. The minimum Gasteiger partial charge on any atom is -0.453 e. The maximum Gasteiger partial charge on any atom is 0.151 e. The summed E-state index contributed by atoms with van der Waals surface area (Å²) in [5.74, 6) is 1.71. The van der Waals surface area contributed by atoms with Crippen LogP contribution in [-0.2, 0) is 10.8 Å². The van der Waals surface area contributed by atoms with Crippen molar-refractivity contribution >= 4 is 17.1 Å². The average Bonchev–Trinajstić information content (AvgIpc) is 3.75. The second-order valence-electron chi connectivity index (χ2n) is 19.7. The summed E-state index contributed by atoms with van der Waals surface area (Å²) in [6.07, 6.45) is 0. The Hall–Kier alpha value is -8.20. The van der Waals surface area contributed by atoms with E-state index in [-0.39, 0.29) is 10.8 Å². The highest BCUT2D eigenvalue weighted by Gasteiger charge is 2.42. The molecule has 0 atom stereocenters. The molecule has 3 aliphatic rings. The predicted octanol–water partition coefficient (Wildman–Crippen LogP) is 18.2. The standard InChI is InChI=1S/C66H49NO/c1-65(2)56-26-16-14-24-50(56)54-38-60-62(40-58(54)65)68-63-41-59-55(51-25-15-17-27-57(51)66(59,3)4)39-61(63)67(60)64-52(47-32-28-45(29-33-47)42-18-8-5-9-19-42)36-49(44-22-12-7-13-23-44)37-53(64)48-34-30-46(31-35-48)43-20-10-6-11-21-43/h5-41H,1-4H3. The molecule has 0 aromatic heterocycles. The number of nitrogens with zero attached hydrogens (tertiary/aromatic N) is 1. The zero-order chi connectivity index (χ0) is 45.7. The molecular weight excluding hydrogens is 823 g/mol. The summed E-state index contributed by atoms with van der Waals surface area (Å²) < 4.78 is 7.34. The molecule has 0 spiro atoms. The molecule has 2 nitrogen and oxygen atoms in total. The lowest BCUT2D eigenvalue weighted by molar-refractivity contribution is 0.473. The van der Waals surface area contributed by atoms with Crippen molar-refractivity contribution in [2.45, 2.75) is 38.5 Å². The summed E-state index contributed by atoms with van der Waals surface area (Å²) in [4.78, 5) is 2.55. The summed E-state index contributed by atoms with van der Waals surface area (Å²) in [6, 6.07) is 82.7. The first-order valence-corrected chi connectivity index (χ1v) is 23.8. The Morgan fingerprint density at radius 2 is 0.618 bits per heavy atom. The number of hydrogen-bond acceptors (Lipinski definition) is 2. The molecule has 13 rings (SSSR count). The van der Waals surface area contributed by atoms with Gasteiger partial charge in [0.2, 0.25) is 0 Å². The Kier molecular flexibility index (Phi) is 8.95. The van der Waals surface area contributed by atoms with Crippen molar-refractivity contribution in [1.29, 1.82) is 0 Å². The summed E-state index contributed by atoms with van der Waals surface area (Å²) in [6.45, 7) is 9.40. The Morgan fingerprint density at radius 1 is 0.279 bits per heavy atom. The van der Waals surface area contributed by atoms with Crippen molar-refractivity contribution in [3.05, 3.63) is 247 Å². The van der Waals surface area contributed by atoms with Crippen molar-refractivity contribution in [2.75, 3.05) is 4.90 Å². The maximum absolute atomic E-state index is 7.34. The van der Waals surface area contributed by atoms with Gasteiger partial charge < -0.3 is 9.64 Å². The van der Waals surface area contributed by atoms with Crippen LogP contribution in [0, 0.1) is 0 Å². The zero-order valence-electron chi connectivity index (χ0n) is 38.7. The van der Waals surface area contributed by atoms with Gasteiger partial charge in [0.15, 0.2) is 11.5 Å². The van der Waals surface area contributed by atoms with Gasteiger partial charge in [-0.15, -0.1) is 0 Å². The van der Waals surface area contributed by atoms with Gasteiger partial charge >= 0.3 is 0 Å². The minimum atomic E-state index is -0.203. The molecule has 0 unspecified atom stereocenters. The molecular formula is C66H49NO. The average molecular weight is 872 g/mol. The molecule has 0 radical (unpaired) electrons. The van der Waals surface area contributed by atoms with Crippen LogP contribution < -0.4 is 9.64 Å². The lowest BCUT2D eigenvalue weighted by Gasteiger charge is -2.37. The first-order chi connectivity index (χ1) is 33.2. The molecule has 0 amide bonds. The van der Waals surface area contributed by atoms with Gasteiger partial charge in [-0.25, -0.2) is 0 Å². The van der Waals surface area contributed by atoms with E-state index in [0.717, 1.165) is 56.4 Å². The van der Waals surface area contributed by atoms with Crippen molar-refractivity contribution in [2.24, 2.45) is 0 Å². The fourth-order valence-corrected chi connectivity index (χ4v) is 11.5. The molecule has 1 heterocycles. The van der Waals surface area contributed by atoms with Crippen molar-refractivity contribution in [1.82, 2.24) is 0 Å². The molecule has 0 bridgehead atoms. The fourth-order valence-electron chi connectivity index (χ4n) is 11.5. The minimum absolute atomic E-state index is 0.203. The summed E-state index contributed by atoms with van der Waals surface area (Å²) in [5.41, 5.74) is 24.6. The second kappa shape index (κ2) is 15.2. The van der Waals surface area contributed by atoms with E-state index in [1.165, 1.54) is 72.3 Å². The van der Waals surface area contributed by atoms with Crippen LogP contribution in [0.4, 0.5) is 17.1 Å². The maximum atomic E-state index is 7.34. The van der Waals surface area contributed by atoms with Crippen molar-refractivity contribution < 1.29 is 4.74 Å². The summed E-state index contributed by atoms with van der Waals surface area (Å²) in [5, 5.41) is 0. The lowest BCUT2D eigenvalue weighted by atomic mass is 9.81. The molecule has 0 saturated heterocycles. The van der Waals surface area contributed by atoms with Gasteiger partial charge in [0.05, 0.1) is 17.1 Å². The van der Waals surface area contributed by atoms with Gasteiger partial charge in [0, 0.05) is 22.0 Å². The monoisotopic (exact) mass is 871 g/mol. The third-order valence-electron chi connectivity index (χ3n) is 15.1. The van der Waals surface area contributed by atoms with Crippen LogP contribution in [0.15, 0.2) is 224 Å².